The number of amides is 1. The second-order valence-electron chi connectivity index (χ2n) is 10.3. The summed E-state index contributed by atoms with van der Waals surface area (Å²) >= 11 is 0. The van der Waals surface area contributed by atoms with Crippen LogP contribution in [0, 0.1) is 11.2 Å². The van der Waals surface area contributed by atoms with E-state index in [0.29, 0.717) is 36.6 Å². The summed E-state index contributed by atoms with van der Waals surface area (Å²) in [5.41, 5.74) is 4.23. The first-order valence-electron chi connectivity index (χ1n) is 12.4. The number of hydrogen-bond acceptors (Lipinski definition) is 5. The van der Waals surface area contributed by atoms with Crippen molar-refractivity contribution >= 4 is 17.4 Å². The van der Waals surface area contributed by atoms with Gasteiger partial charge < -0.3 is 10.2 Å². The lowest BCUT2D eigenvalue weighted by Crippen LogP contribution is -2.55. The molecule has 7 nitrogen and oxygen atoms in total. The van der Waals surface area contributed by atoms with E-state index in [9.17, 15) is 18.0 Å². The molecular formula is C28H25F3N6O. The zero-order valence-electron chi connectivity index (χ0n) is 20.6. The van der Waals surface area contributed by atoms with E-state index >= 15 is 0 Å². The van der Waals surface area contributed by atoms with Crippen molar-refractivity contribution in [2.75, 3.05) is 11.9 Å². The molecule has 1 saturated carbocycles. The molecule has 10 heteroatoms. The first-order chi connectivity index (χ1) is 18.2. The Bertz CT molecular complexity index is 1500. The van der Waals surface area contributed by atoms with Crippen molar-refractivity contribution in [2.45, 2.75) is 38.7 Å². The minimum Gasteiger partial charge on any atom is -0.338 e. The molecule has 2 aromatic heterocycles. The Morgan fingerprint density at radius 2 is 1.79 bits per heavy atom. The maximum Gasteiger partial charge on any atom is 0.250 e. The number of nitrogens with one attached hydrogen (secondary N) is 2. The maximum absolute atomic E-state index is 14.6. The van der Waals surface area contributed by atoms with Gasteiger partial charge in [-0.3, -0.25) is 9.89 Å². The van der Waals surface area contributed by atoms with Crippen LogP contribution in [-0.4, -0.2) is 43.4 Å². The van der Waals surface area contributed by atoms with E-state index in [-0.39, 0.29) is 11.7 Å². The van der Waals surface area contributed by atoms with E-state index in [1.165, 1.54) is 0 Å². The monoisotopic (exact) mass is 518 g/mol. The molecule has 6 rings (SSSR count). The van der Waals surface area contributed by atoms with E-state index in [0.717, 1.165) is 28.5 Å². The fourth-order valence-corrected chi connectivity index (χ4v) is 5.38. The highest BCUT2D eigenvalue weighted by molar-refractivity contribution is 5.84. The van der Waals surface area contributed by atoms with Crippen LogP contribution in [0.1, 0.15) is 30.9 Å². The Morgan fingerprint density at radius 1 is 1.03 bits per heavy atom. The highest BCUT2D eigenvalue weighted by atomic mass is 19.3. The molecule has 0 bridgehead atoms. The number of benzene rings is 2. The van der Waals surface area contributed by atoms with Gasteiger partial charge in [0.25, 0.3) is 0 Å². The lowest BCUT2D eigenvalue weighted by atomic mass is 9.66. The van der Waals surface area contributed by atoms with Crippen molar-refractivity contribution in [2.24, 2.45) is 5.41 Å². The number of fused-ring (bicyclic) bond motifs is 1. The van der Waals surface area contributed by atoms with E-state index < -0.39 is 30.0 Å². The molecule has 1 amide bonds. The van der Waals surface area contributed by atoms with Crippen molar-refractivity contribution in [3.63, 3.8) is 0 Å². The molecule has 4 aromatic rings. The van der Waals surface area contributed by atoms with Gasteiger partial charge in [-0.1, -0.05) is 31.2 Å². The predicted octanol–water partition coefficient (Wildman–Crippen LogP) is 5.74. The van der Waals surface area contributed by atoms with Gasteiger partial charge in [-0.25, -0.2) is 23.1 Å². The smallest absolute Gasteiger partial charge is 0.250 e. The van der Waals surface area contributed by atoms with Crippen LogP contribution in [0.15, 0.2) is 61.1 Å². The van der Waals surface area contributed by atoms with Crippen LogP contribution < -0.4 is 5.32 Å². The Hall–Kier alpha value is -4.21. The molecular weight excluding hydrogens is 493 g/mol. The summed E-state index contributed by atoms with van der Waals surface area (Å²) in [4.78, 5) is 23.3. The zero-order chi connectivity index (χ0) is 26.5. The third-order valence-electron chi connectivity index (χ3n) is 7.30. The van der Waals surface area contributed by atoms with Gasteiger partial charge in [0.05, 0.1) is 17.8 Å². The Balaban J connectivity index is 1.20. The number of alkyl halides is 2. The first-order valence-corrected chi connectivity index (χ1v) is 12.4. The number of halogens is 3. The molecule has 0 atom stereocenters. The predicted molar refractivity (Wildman–Crippen MR) is 136 cm³/mol. The third kappa shape index (κ3) is 4.51. The largest absolute Gasteiger partial charge is 0.338 e. The van der Waals surface area contributed by atoms with Crippen LogP contribution in [-0.2, 0) is 17.8 Å². The Kier molecular flexibility index (Phi) is 5.70. The molecule has 0 spiro atoms. The van der Waals surface area contributed by atoms with Crippen LogP contribution in [0.2, 0.25) is 0 Å². The quantitative estimate of drug-likeness (QED) is 0.352. The normalized spacial score (nSPS) is 17.4. The SMILES string of the molecule is CC1(C(=O)N2CCc3ccc(-c4ncc(F)c(Nc5ccc(-c6cn[nH]c6)cc5)n4)cc3C2)CC(F)(F)C1. The lowest BCUT2D eigenvalue weighted by molar-refractivity contribution is -0.184. The minimum atomic E-state index is -2.77. The number of H-pyrrole nitrogens is 1. The maximum atomic E-state index is 14.6. The molecule has 2 aromatic carbocycles. The Labute approximate surface area is 217 Å². The minimum absolute atomic E-state index is 0.0411. The summed E-state index contributed by atoms with van der Waals surface area (Å²) in [5, 5.41) is 9.73. The second kappa shape index (κ2) is 8.97. The van der Waals surface area contributed by atoms with Crippen molar-refractivity contribution < 1.29 is 18.0 Å². The van der Waals surface area contributed by atoms with Gasteiger partial charge in [-0.15, -0.1) is 0 Å². The van der Waals surface area contributed by atoms with Crippen molar-refractivity contribution in [3.05, 3.63) is 78.0 Å². The van der Waals surface area contributed by atoms with E-state index in [4.69, 9.17) is 0 Å². The number of carbonyl (C=O) groups excluding carboxylic acids is 1. The lowest BCUT2D eigenvalue weighted by Gasteiger charge is -2.46. The van der Waals surface area contributed by atoms with Gasteiger partial charge in [-0.05, 0) is 41.3 Å². The molecule has 0 unspecified atom stereocenters. The summed E-state index contributed by atoms with van der Waals surface area (Å²) in [7, 11) is 0. The van der Waals surface area contributed by atoms with E-state index in [2.05, 4.69) is 25.5 Å². The van der Waals surface area contributed by atoms with Gasteiger partial charge in [0.2, 0.25) is 11.8 Å². The van der Waals surface area contributed by atoms with Crippen molar-refractivity contribution in [3.8, 4) is 22.5 Å². The van der Waals surface area contributed by atoms with Gasteiger partial charge in [0.1, 0.15) is 0 Å². The van der Waals surface area contributed by atoms with Crippen molar-refractivity contribution in [1.29, 1.82) is 0 Å². The van der Waals surface area contributed by atoms with E-state index in [1.807, 2.05) is 42.5 Å². The summed E-state index contributed by atoms with van der Waals surface area (Å²) in [6.45, 7) is 2.44. The average Bonchev–Trinajstić information content (AvgIpc) is 3.43. The molecule has 1 fully saturated rings. The third-order valence-corrected chi connectivity index (χ3v) is 7.30. The number of hydrogen-bond donors (Lipinski definition) is 2. The van der Waals surface area contributed by atoms with Crippen LogP contribution >= 0.6 is 0 Å². The molecule has 38 heavy (non-hydrogen) atoms. The van der Waals surface area contributed by atoms with Gasteiger partial charge >= 0.3 is 0 Å². The average molecular weight is 519 g/mol. The molecule has 1 aliphatic heterocycles. The van der Waals surface area contributed by atoms with Crippen LogP contribution in [0.4, 0.5) is 24.7 Å². The molecule has 2 N–H and O–H groups in total. The summed E-state index contributed by atoms with van der Waals surface area (Å²) in [5.74, 6) is -3.21. The fourth-order valence-electron chi connectivity index (χ4n) is 5.38. The topological polar surface area (TPSA) is 86.8 Å². The summed E-state index contributed by atoms with van der Waals surface area (Å²) in [6.07, 6.45) is 4.45. The molecule has 1 aliphatic carbocycles. The molecule has 0 radical (unpaired) electrons. The fraction of sp³-hybridized carbons (Fsp3) is 0.286. The van der Waals surface area contributed by atoms with Crippen LogP contribution in [0.5, 0.6) is 0 Å². The zero-order valence-corrected chi connectivity index (χ0v) is 20.6. The van der Waals surface area contributed by atoms with Crippen LogP contribution in [0.25, 0.3) is 22.5 Å². The first kappa shape index (κ1) is 24.1. The molecule has 194 valence electrons. The number of aromatic amines is 1. The molecule has 0 saturated heterocycles. The molecule has 3 heterocycles. The van der Waals surface area contributed by atoms with Gasteiger partial charge in [0, 0.05) is 48.9 Å². The highest BCUT2D eigenvalue weighted by Gasteiger charge is 2.58. The summed E-state index contributed by atoms with van der Waals surface area (Å²) in [6, 6.07) is 13.2. The number of aromatic nitrogens is 4. The second-order valence-corrected chi connectivity index (χ2v) is 10.3. The Morgan fingerprint density at radius 3 is 2.50 bits per heavy atom. The van der Waals surface area contributed by atoms with Crippen LogP contribution in [0.3, 0.4) is 0 Å². The van der Waals surface area contributed by atoms with E-state index in [1.54, 1.807) is 24.2 Å². The number of nitrogens with zero attached hydrogens (tertiary/aromatic N) is 4. The standard InChI is InChI=1S/C28H25F3N6O/c1-27(15-28(30,31)16-27)26(38)37-9-8-18-2-3-19(10-20(18)14-37)24-32-13-23(29)25(36-24)35-22-6-4-17(5-7-22)21-11-33-34-12-21/h2-7,10-13H,8-9,14-16H2,1H3,(H,33,34)(H,32,35,36). The number of carbonyl (C=O) groups is 1. The molecule has 2 aliphatic rings. The van der Waals surface area contributed by atoms with Gasteiger partial charge in [-0.2, -0.15) is 5.10 Å². The van der Waals surface area contributed by atoms with Crippen molar-refractivity contribution in [1.82, 2.24) is 25.1 Å². The number of anilines is 2. The number of rotatable bonds is 5. The summed E-state index contributed by atoms with van der Waals surface area (Å²) < 4.78 is 41.6. The highest BCUT2D eigenvalue weighted by Crippen LogP contribution is 2.53. The van der Waals surface area contributed by atoms with Gasteiger partial charge in [0.15, 0.2) is 17.5 Å².